The summed E-state index contributed by atoms with van der Waals surface area (Å²) in [6.45, 7) is 3.95. The Hall–Kier alpha value is -3.04. The standard InChI is InChI=1S/C22H22F2N2O4S/c1-14-15(2)26(12-13-30-3)21(25-22(27)16-4-6-17(23)7-5-16)20(14)31(28,29)19-10-8-18(24)9-11-19/h4-11H,12-13H2,1-3H3,(H,25,27). The number of hydrogen-bond acceptors (Lipinski definition) is 4. The number of benzene rings is 2. The first kappa shape index (κ1) is 22.6. The summed E-state index contributed by atoms with van der Waals surface area (Å²) in [6, 6.07) is 9.38. The lowest BCUT2D eigenvalue weighted by Crippen LogP contribution is -2.19. The van der Waals surface area contributed by atoms with Crippen LogP contribution in [-0.4, -0.2) is 32.6 Å². The van der Waals surface area contributed by atoms with E-state index in [2.05, 4.69) is 5.32 Å². The first-order chi connectivity index (χ1) is 14.7. The molecule has 0 bridgehead atoms. The molecule has 0 saturated heterocycles. The molecule has 0 aliphatic carbocycles. The molecule has 0 fully saturated rings. The lowest BCUT2D eigenvalue weighted by molar-refractivity contribution is 0.102. The molecular formula is C22H22F2N2O4S. The molecule has 0 radical (unpaired) electrons. The van der Waals surface area contributed by atoms with Gasteiger partial charge in [0.1, 0.15) is 22.3 Å². The van der Waals surface area contributed by atoms with Crippen molar-refractivity contribution >= 4 is 21.6 Å². The Morgan fingerprint density at radius 1 is 1.00 bits per heavy atom. The number of carbonyl (C=O) groups excluding carboxylic acids is 1. The fourth-order valence-electron chi connectivity index (χ4n) is 3.26. The van der Waals surface area contributed by atoms with Crippen molar-refractivity contribution in [1.29, 1.82) is 0 Å². The first-order valence-electron chi connectivity index (χ1n) is 9.43. The third-order valence-electron chi connectivity index (χ3n) is 5.02. The molecule has 31 heavy (non-hydrogen) atoms. The van der Waals surface area contributed by atoms with Crippen LogP contribution in [0.15, 0.2) is 58.3 Å². The van der Waals surface area contributed by atoms with Crippen LogP contribution in [0.25, 0.3) is 0 Å². The Morgan fingerprint density at radius 3 is 2.10 bits per heavy atom. The fourth-order valence-corrected chi connectivity index (χ4v) is 4.96. The number of methoxy groups -OCH3 is 1. The van der Waals surface area contributed by atoms with E-state index in [-0.39, 0.29) is 27.8 Å². The molecule has 9 heteroatoms. The highest BCUT2D eigenvalue weighted by Crippen LogP contribution is 2.35. The van der Waals surface area contributed by atoms with Gasteiger partial charge in [-0.05, 0) is 67.9 Å². The molecule has 1 heterocycles. The van der Waals surface area contributed by atoms with Gasteiger partial charge in [-0.2, -0.15) is 0 Å². The van der Waals surface area contributed by atoms with Gasteiger partial charge in [-0.15, -0.1) is 0 Å². The maximum atomic E-state index is 13.4. The van der Waals surface area contributed by atoms with Gasteiger partial charge in [-0.25, -0.2) is 17.2 Å². The second-order valence-corrected chi connectivity index (χ2v) is 8.84. The molecule has 0 aliphatic rings. The van der Waals surface area contributed by atoms with Crippen molar-refractivity contribution in [3.05, 3.63) is 77.0 Å². The van der Waals surface area contributed by atoms with Crippen LogP contribution in [0, 0.1) is 25.5 Å². The van der Waals surface area contributed by atoms with E-state index in [1.165, 1.54) is 31.4 Å². The lowest BCUT2D eigenvalue weighted by atomic mass is 10.2. The largest absolute Gasteiger partial charge is 0.383 e. The number of ether oxygens (including phenoxy) is 1. The van der Waals surface area contributed by atoms with Crippen LogP contribution in [0.5, 0.6) is 0 Å². The topological polar surface area (TPSA) is 77.4 Å². The summed E-state index contributed by atoms with van der Waals surface area (Å²) in [6.07, 6.45) is 0. The SMILES string of the molecule is COCCn1c(C)c(C)c(S(=O)(=O)c2ccc(F)cc2)c1NC(=O)c1ccc(F)cc1. The number of halogens is 2. The van der Waals surface area contributed by atoms with Crippen LogP contribution in [0.2, 0.25) is 0 Å². The molecule has 6 nitrogen and oxygen atoms in total. The van der Waals surface area contributed by atoms with Gasteiger partial charge in [0, 0.05) is 24.9 Å². The van der Waals surface area contributed by atoms with Crippen molar-refractivity contribution in [2.45, 2.75) is 30.2 Å². The van der Waals surface area contributed by atoms with E-state index < -0.39 is 27.4 Å². The fraction of sp³-hybridized carbons (Fsp3) is 0.227. The minimum absolute atomic E-state index is 0.0747. The van der Waals surface area contributed by atoms with Crippen molar-refractivity contribution in [2.24, 2.45) is 0 Å². The zero-order chi connectivity index (χ0) is 22.8. The molecule has 2 aromatic carbocycles. The van der Waals surface area contributed by atoms with E-state index in [0.717, 1.165) is 24.3 Å². The van der Waals surface area contributed by atoms with E-state index >= 15 is 0 Å². The van der Waals surface area contributed by atoms with Crippen LogP contribution in [0.4, 0.5) is 14.6 Å². The summed E-state index contributed by atoms with van der Waals surface area (Å²) >= 11 is 0. The molecule has 0 unspecified atom stereocenters. The van der Waals surface area contributed by atoms with Gasteiger partial charge in [-0.1, -0.05) is 0 Å². The molecule has 1 amide bonds. The molecule has 0 atom stereocenters. The summed E-state index contributed by atoms with van der Waals surface area (Å²) in [5.74, 6) is -1.57. The Labute approximate surface area is 179 Å². The molecule has 1 N–H and O–H groups in total. The zero-order valence-electron chi connectivity index (χ0n) is 17.3. The maximum absolute atomic E-state index is 13.4. The van der Waals surface area contributed by atoms with Gasteiger partial charge < -0.3 is 14.6 Å². The summed E-state index contributed by atoms with van der Waals surface area (Å²) in [5.41, 5.74) is 1.25. The van der Waals surface area contributed by atoms with Gasteiger partial charge in [-0.3, -0.25) is 4.79 Å². The molecule has 3 rings (SSSR count). The Morgan fingerprint density at radius 2 is 1.55 bits per heavy atom. The first-order valence-corrected chi connectivity index (χ1v) is 10.9. The lowest BCUT2D eigenvalue weighted by Gasteiger charge is -2.14. The molecule has 3 aromatic rings. The number of sulfone groups is 1. The quantitative estimate of drug-likeness (QED) is 0.552. The van der Waals surface area contributed by atoms with Gasteiger partial charge in [0.25, 0.3) is 5.91 Å². The summed E-state index contributed by atoms with van der Waals surface area (Å²) in [5, 5.41) is 2.67. The Balaban J connectivity index is 2.15. The third-order valence-corrected chi connectivity index (χ3v) is 6.95. The predicted molar refractivity (Wildman–Crippen MR) is 112 cm³/mol. The highest BCUT2D eigenvalue weighted by Gasteiger charge is 2.30. The maximum Gasteiger partial charge on any atom is 0.256 e. The molecule has 1 aromatic heterocycles. The van der Waals surface area contributed by atoms with E-state index in [1.54, 1.807) is 18.4 Å². The van der Waals surface area contributed by atoms with Gasteiger partial charge >= 0.3 is 0 Å². The van der Waals surface area contributed by atoms with Crippen molar-refractivity contribution in [3.8, 4) is 0 Å². The average Bonchev–Trinajstić information content (AvgIpc) is 2.97. The second kappa shape index (κ2) is 8.99. The van der Waals surface area contributed by atoms with Crippen molar-refractivity contribution in [2.75, 3.05) is 19.0 Å². The second-order valence-electron chi connectivity index (χ2n) is 6.95. The number of aromatic nitrogens is 1. The molecular weight excluding hydrogens is 426 g/mol. The number of nitrogens with zero attached hydrogens (tertiary/aromatic N) is 1. The molecule has 164 valence electrons. The minimum atomic E-state index is -4.08. The van der Waals surface area contributed by atoms with Crippen molar-refractivity contribution < 1.29 is 26.7 Å². The summed E-state index contributed by atoms with van der Waals surface area (Å²) in [7, 11) is -2.57. The number of rotatable bonds is 7. The minimum Gasteiger partial charge on any atom is -0.383 e. The highest BCUT2D eigenvalue weighted by atomic mass is 32.2. The zero-order valence-corrected chi connectivity index (χ0v) is 18.1. The monoisotopic (exact) mass is 448 g/mol. The number of anilines is 1. The summed E-state index contributed by atoms with van der Waals surface area (Å²) in [4.78, 5) is 12.6. The third kappa shape index (κ3) is 4.52. The van der Waals surface area contributed by atoms with Crippen molar-refractivity contribution in [3.63, 3.8) is 0 Å². The number of nitrogens with one attached hydrogen (secondary N) is 1. The van der Waals surface area contributed by atoms with Gasteiger partial charge in [0.2, 0.25) is 9.84 Å². The highest BCUT2D eigenvalue weighted by molar-refractivity contribution is 7.91. The van der Waals surface area contributed by atoms with Crippen LogP contribution in [0.3, 0.4) is 0 Å². The van der Waals surface area contributed by atoms with Crippen LogP contribution >= 0.6 is 0 Å². The van der Waals surface area contributed by atoms with Gasteiger partial charge in [0.05, 0.1) is 11.5 Å². The van der Waals surface area contributed by atoms with E-state index in [9.17, 15) is 22.0 Å². The van der Waals surface area contributed by atoms with Crippen molar-refractivity contribution in [1.82, 2.24) is 4.57 Å². The Kier molecular flexibility index (Phi) is 6.56. The van der Waals surface area contributed by atoms with E-state index in [0.29, 0.717) is 17.8 Å². The number of hydrogen-bond donors (Lipinski definition) is 1. The average molecular weight is 448 g/mol. The van der Waals surface area contributed by atoms with E-state index in [1.807, 2.05) is 0 Å². The molecule has 0 saturated carbocycles. The van der Waals surface area contributed by atoms with Crippen LogP contribution < -0.4 is 5.32 Å². The van der Waals surface area contributed by atoms with Crippen LogP contribution in [0.1, 0.15) is 21.6 Å². The predicted octanol–water partition coefficient (Wildman–Crippen LogP) is 4.11. The smallest absolute Gasteiger partial charge is 0.256 e. The number of amides is 1. The summed E-state index contributed by atoms with van der Waals surface area (Å²) < 4.78 is 60.2. The Bertz CT molecular complexity index is 1200. The van der Waals surface area contributed by atoms with E-state index in [4.69, 9.17) is 4.74 Å². The van der Waals surface area contributed by atoms with Crippen LogP contribution in [-0.2, 0) is 21.1 Å². The molecule has 0 aliphatic heterocycles. The normalized spacial score (nSPS) is 11.5. The number of carbonyl (C=O) groups is 1. The van der Waals surface area contributed by atoms with Gasteiger partial charge in [0.15, 0.2) is 0 Å². The molecule has 0 spiro atoms.